The Morgan fingerprint density at radius 2 is 1.44 bits per heavy atom. The van der Waals surface area contributed by atoms with E-state index in [1.807, 2.05) is 53.5 Å². The number of anilines is 1. The normalized spacial score (nSPS) is 18.6. The van der Waals surface area contributed by atoms with Crippen LogP contribution in [0.3, 0.4) is 0 Å². The summed E-state index contributed by atoms with van der Waals surface area (Å²) in [5.74, 6) is -2.55. The number of aromatic nitrogens is 4. The second-order valence-corrected chi connectivity index (χ2v) is 15.1. The molecule has 1 fully saturated rings. The van der Waals surface area contributed by atoms with Crippen LogP contribution in [0.1, 0.15) is 34.6 Å². The number of nitrogens with zero attached hydrogens (tertiary/aromatic N) is 1. The average Bonchev–Trinajstić information content (AvgIpc) is 3.95. The van der Waals surface area contributed by atoms with E-state index in [2.05, 4.69) is 36.6 Å². The van der Waals surface area contributed by atoms with Crippen molar-refractivity contribution in [1.29, 1.82) is 0 Å². The van der Waals surface area contributed by atoms with Gasteiger partial charge in [0.15, 0.2) is 12.0 Å². The van der Waals surface area contributed by atoms with Gasteiger partial charge in [-0.2, -0.15) is 0 Å². The number of benzene rings is 3. The summed E-state index contributed by atoms with van der Waals surface area (Å²) in [5.41, 5.74) is 8.44. The zero-order valence-electron chi connectivity index (χ0n) is 33.8. The highest BCUT2D eigenvalue weighted by molar-refractivity contribution is 5.99. The van der Waals surface area contributed by atoms with Crippen molar-refractivity contribution in [2.45, 2.75) is 62.4 Å². The summed E-state index contributed by atoms with van der Waals surface area (Å²) in [6, 6.07) is 17.4. The fraction of sp³-hybridized carbons (Fsp3) is 0.279. The third kappa shape index (κ3) is 10.2. The lowest BCUT2D eigenvalue weighted by molar-refractivity contribution is -0.131. The molecule has 0 bridgehead atoms. The zero-order chi connectivity index (χ0) is 44.8. The number of carbonyl (C=O) groups is 5. The number of ether oxygens (including phenoxy) is 1. The van der Waals surface area contributed by atoms with Gasteiger partial charge in [0.25, 0.3) is 5.56 Å². The van der Waals surface area contributed by atoms with Crippen LogP contribution in [-0.2, 0) is 32.0 Å². The molecule has 0 saturated carbocycles. The van der Waals surface area contributed by atoms with Gasteiger partial charge in [0.2, 0.25) is 17.7 Å². The lowest BCUT2D eigenvalue weighted by atomic mass is 10.0. The smallest absolute Gasteiger partial charge is 0.330 e. The SMILES string of the molecule is CC(=O)c1cccc(NC(=O)N[C@@H](Cc2c[nH]c3ccccc23)C(=O)N[C@@H](CNC(=O)[C@@H](N)Cc2c[nH]c3ccccc23)C(=O)NC[C@H]2O[C@@H](n3ccc(=O)[nH]c3=O)[C@H](O)[C@@H]2O)c1. The lowest BCUT2D eigenvalue weighted by Crippen LogP contribution is -2.59. The number of hydrogen-bond donors (Lipinski definition) is 11. The molecule has 20 heteroatoms. The number of nitrogens with one attached hydrogen (secondary N) is 8. The molecule has 7 atom stereocenters. The number of aliphatic hydroxyl groups is 2. The van der Waals surface area contributed by atoms with Crippen LogP contribution in [-0.4, -0.2) is 109 Å². The van der Waals surface area contributed by atoms with E-state index in [-0.39, 0.29) is 24.3 Å². The summed E-state index contributed by atoms with van der Waals surface area (Å²) < 4.78 is 6.61. The topological polar surface area (TPSA) is 308 Å². The zero-order valence-corrected chi connectivity index (χ0v) is 33.8. The fourth-order valence-electron chi connectivity index (χ4n) is 7.40. The standard InChI is InChI=1S/C43H46N10O10/c1-22(54)23-7-6-8-26(15-23)49-42(61)51-32(17-25-19-46-31-12-5-3-10-28(25)31)40(60)50-33(20-47-38(58)29(44)16-24-18-45-30-11-4-2-9-27(24)30)39(59)48-21-34-36(56)37(57)41(63-34)53-14-13-35(55)52-43(53)62/h2-15,18-19,29,32-34,36-37,41,45-46,56-57H,16-17,20-21,44H2,1H3,(H,47,58)(H,48,59)(H,50,60)(H2,49,51,61)(H,52,55,62)/t29-,32-,33-,34+,36+,37+,41+/m0/s1. The minimum Gasteiger partial charge on any atom is -0.387 e. The number of ketones is 1. The van der Waals surface area contributed by atoms with Gasteiger partial charge in [0, 0.05) is 77.2 Å². The molecule has 5 amide bonds. The Morgan fingerprint density at radius 1 is 0.778 bits per heavy atom. The number of carbonyl (C=O) groups excluding carboxylic acids is 5. The summed E-state index contributed by atoms with van der Waals surface area (Å²) >= 11 is 0. The van der Waals surface area contributed by atoms with Crippen LogP contribution < -0.4 is 43.6 Å². The molecule has 3 aromatic heterocycles. The molecule has 0 aliphatic carbocycles. The van der Waals surface area contributed by atoms with Gasteiger partial charge < -0.3 is 57.2 Å². The van der Waals surface area contributed by atoms with E-state index in [1.165, 1.54) is 13.0 Å². The first-order valence-electron chi connectivity index (χ1n) is 20.0. The first-order valence-corrected chi connectivity index (χ1v) is 20.0. The van der Waals surface area contributed by atoms with E-state index in [0.29, 0.717) is 11.1 Å². The molecule has 1 aliphatic heterocycles. The molecule has 3 aromatic carbocycles. The van der Waals surface area contributed by atoms with Gasteiger partial charge in [-0.1, -0.05) is 48.5 Å². The van der Waals surface area contributed by atoms with Crippen LogP contribution >= 0.6 is 0 Å². The van der Waals surface area contributed by atoms with E-state index < -0.39 is 90.8 Å². The summed E-state index contributed by atoms with van der Waals surface area (Å²) in [6.45, 7) is 0.464. The number of aromatic amines is 3. The van der Waals surface area contributed by atoms with Gasteiger partial charge in [-0.15, -0.1) is 0 Å². The van der Waals surface area contributed by atoms with Crippen molar-refractivity contribution < 1.29 is 38.9 Å². The number of amides is 5. The molecule has 1 aliphatic rings. The Kier molecular flexibility index (Phi) is 13.3. The Morgan fingerprint density at radius 3 is 2.11 bits per heavy atom. The van der Waals surface area contributed by atoms with Crippen LogP contribution in [0.5, 0.6) is 0 Å². The van der Waals surface area contributed by atoms with Gasteiger partial charge in [0.1, 0.15) is 30.4 Å². The number of rotatable bonds is 16. The van der Waals surface area contributed by atoms with Crippen molar-refractivity contribution in [2.24, 2.45) is 5.73 Å². The second kappa shape index (κ2) is 19.1. The van der Waals surface area contributed by atoms with E-state index >= 15 is 0 Å². The highest BCUT2D eigenvalue weighted by Gasteiger charge is 2.44. The molecule has 0 spiro atoms. The van der Waals surface area contributed by atoms with Crippen LogP contribution in [0.15, 0.2) is 107 Å². The van der Waals surface area contributed by atoms with Crippen molar-refractivity contribution in [3.8, 4) is 0 Å². The third-order valence-corrected chi connectivity index (χ3v) is 10.8. The molecule has 6 aromatic rings. The van der Waals surface area contributed by atoms with E-state index in [1.54, 1.807) is 30.6 Å². The molecular formula is C43H46N10O10. The minimum atomic E-state index is -1.64. The maximum Gasteiger partial charge on any atom is 0.330 e. The molecular weight excluding hydrogens is 817 g/mol. The molecule has 63 heavy (non-hydrogen) atoms. The highest BCUT2D eigenvalue weighted by atomic mass is 16.6. The van der Waals surface area contributed by atoms with Gasteiger partial charge >= 0.3 is 11.7 Å². The Balaban J connectivity index is 1.10. The largest absolute Gasteiger partial charge is 0.387 e. The molecule has 0 unspecified atom stereocenters. The molecule has 7 rings (SSSR count). The number of nitrogens with two attached hydrogens (primary N) is 1. The van der Waals surface area contributed by atoms with Gasteiger partial charge in [-0.25, -0.2) is 9.59 Å². The van der Waals surface area contributed by atoms with Gasteiger partial charge in [-0.05, 0) is 48.7 Å². The van der Waals surface area contributed by atoms with Crippen LogP contribution in [0, 0.1) is 0 Å². The highest BCUT2D eigenvalue weighted by Crippen LogP contribution is 2.28. The summed E-state index contributed by atoms with van der Waals surface area (Å²) in [4.78, 5) is 99.5. The van der Waals surface area contributed by atoms with Crippen molar-refractivity contribution in [3.63, 3.8) is 0 Å². The van der Waals surface area contributed by atoms with Crippen LogP contribution in [0.2, 0.25) is 0 Å². The van der Waals surface area contributed by atoms with E-state index in [9.17, 15) is 43.8 Å². The maximum absolute atomic E-state index is 14.3. The number of urea groups is 1. The first-order chi connectivity index (χ1) is 30.2. The Bertz CT molecular complexity index is 2780. The maximum atomic E-state index is 14.3. The molecule has 1 saturated heterocycles. The van der Waals surface area contributed by atoms with E-state index in [0.717, 1.165) is 44.2 Å². The quantitative estimate of drug-likeness (QED) is 0.0578. The predicted octanol–water partition coefficient (Wildman–Crippen LogP) is 0.0412. The van der Waals surface area contributed by atoms with Crippen molar-refractivity contribution in [3.05, 3.63) is 135 Å². The Labute approximate surface area is 357 Å². The van der Waals surface area contributed by atoms with Crippen LogP contribution in [0.25, 0.3) is 21.8 Å². The average molecular weight is 863 g/mol. The lowest BCUT2D eigenvalue weighted by Gasteiger charge is -2.25. The Hall–Kier alpha value is -7.39. The van der Waals surface area contributed by atoms with Gasteiger partial charge in [-0.3, -0.25) is 33.5 Å². The van der Waals surface area contributed by atoms with Crippen molar-refractivity contribution in [1.82, 2.24) is 40.8 Å². The number of aliphatic hydroxyl groups excluding tert-OH is 2. The first kappa shape index (κ1) is 43.7. The summed E-state index contributed by atoms with van der Waals surface area (Å²) in [6.07, 6.45) is -1.34. The fourth-order valence-corrected chi connectivity index (χ4v) is 7.40. The number of para-hydroxylation sites is 2. The van der Waals surface area contributed by atoms with Crippen LogP contribution in [0.4, 0.5) is 10.5 Å². The minimum absolute atomic E-state index is 0.0571. The molecule has 328 valence electrons. The van der Waals surface area contributed by atoms with Gasteiger partial charge in [0.05, 0.1) is 6.04 Å². The second-order valence-electron chi connectivity index (χ2n) is 15.1. The molecule has 4 heterocycles. The number of hydrogen-bond acceptors (Lipinski definition) is 11. The van der Waals surface area contributed by atoms with Crippen molar-refractivity contribution >= 4 is 57.0 Å². The molecule has 12 N–H and O–H groups in total. The number of Topliss-reactive ketones (excluding diaryl/α,β-unsaturated/α-hetero) is 1. The monoisotopic (exact) mass is 862 g/mol. The van der Waals surface area contributed by atoms with E-state index in [4.69, 9.17) is 10.5 Å². The summed E-state index contributed by atoms with van der Waals surface area (Å²) in [5, 5.41) is 36.4. The molecule has 0 radical (unpaired) electrons. The number of H-pyrrole nitrogens is 3. The predicted molar refractivity (Wildman–Crippen MR) is 230 cm³/mol. The summed E-state index contributed by atoms with van der Waals surface area (Å²) in [7, 11) is 0. The number of fused-ring (bicyclic) bond motifs is 2. The molecule has 20 nitrogen and oxygen atoms in total. The third-order valence-electron chi connectivity index (χ3n) is 10.8. The van der Waals surface area contributed by atoms with Crippen molar-refractivity contribution in [2.75, 3.05) is 18.4 Å².